The minimum Gasteiger partial charge on any atom is -0.478 e. The zero-order valence-electron chi connectivity index (χ0n) is 9.38. The van der Waals surface area contributed by atoms with E-state index in [9.17, 15) is 4.79 Å². The molecule has 86 valence electrons. The topological polar surface area (TPSA) is 37.3 Å². The summed E-state index contributed by atoms with van der Waals surface area (Å²) in [7, 11) is 0. The molecule has 0 unspecified atom stereocenters. The van der Waals surface area contributed by atoms with E-state index in [2.05, 4.69) is 0 Å². The lowest BCUT2D eigenvalue weighted by Gasteiger charge is -2.03. The molecule has 0 fully saturated rings. The van der Waals surface area contributed by atoms with Crippen LogP contribution in [0, 0.1) is 6.92 Å². The van der Waals surface area contributed by atoms with Crippen molar-refractivity contribution in [3.05, 3.63) is 59.7 Å². The number of carboxylic acid groups (broad SMARTS) is 1. The Morgan fingerprint density at radius 3 is 2.41 bits per heavy atom. The van der Waals surface area contributed by atoms with Crippen molar-refractivity contribution >= 4 is 17.7 Å². The van der Waals surface area contributed by atoms with E-state index in [0.29, 0.717) is 5.56 Å². The van der Waals surface area contributed by atoms with Gasteiger partial charge in [-0.25, -0.2) is 4.79 Å². The highest BCUT2D eigenvalue weighted by atomic mass is 32.2. The fourth-order valence-corrected chi connectivity index (χ4v) is 2.31. The first-order valence-electron chi connectivity index (χ1n) is 5.23. The molecule has 0 aliphatic carbocycles. The molecule has 2 aromatic carbocycles. The summed E-state index contributed by atoms with van der Waals surface area (Å²) in [6.45, 7) is 2.04. The van der Waals surface area contributed by atoms with Crippen LogP contribution in [0.4, 0.5) is 0 Å². The van der Waals surface area contributed by atoms with Crippen molar-refractivity contribution in [2.75, 3.05) is 0 Å². The van der Waals surface area contributed by atoms with Crippen molar-refractivity contribution in [2.45, 2.75) is 16.7 Å². The van der Waals surface area contributed by atoms with E-state index >= 15 is 0 Å². The Hall–Kier alpha value is -1.74. The fraction of sp³-hybridized carbons (Fsp3) is 0.0714. The average Bonchev–Trinajstić information content (AvgIpc) is 2.32. The van der Waals surface area contributed by atoms with Crippen LogP contribution in [0.2, 0.25) is 0 Å². The van der Waals surface area contributed by atoms with Gasteiger partial charge in [0.05, 0.1) is 5.56 Å². The Balaban J connectivity index is 2.21. The van der Waals surface area contributed by atoms with Crippen LogP contribution in [0.5, 0.6) is 0 Å². The maximum atomic E-state index is 10.8. The molecule has 0 saturated carbocycles. The van der Waals surface area contributed by atoms with Crippen molar-refractivity contribution in [2.24, 2.45) is 0 Å². The van der Waals surface area contributed by atoms with E-state index in [0.717, 1.165) is 9.79 Å². The quantitative estimate of drug-likeness (QED) is 0.891. The number of carboxylic acids is 1. The van der Waals surface area contributed by atoms with Gasteiger partial charge in [0.2, 0.25) is 0 Å². The summed E-state index contributed by atoms with van der Waals surface area (Å²) in [6.07, 6.45) is 0. The third-order valence-electron chi connectivity index (χ3n) is 2.34. The zero-order valence-corrected chi connectivity index (χ0v) is 10.2. The predicted octanol–water partition coefficient (Wildman–Crippen LogP) is 3.84. The monoisotopic (exact) mass is 244 g/mol. The van der Waals surface area contributed by atoms with Crippen LogP contribution in [0.15, 0.2) is 58.3 Å². The van der Waals surface area contributed by atoms with Gasteiger partial charge in [0.1, 0.15) is 0 Å². The van der Waals surface area contributed by atoms with Gasteiger partial charge >= 0.3 is 5.97 Å². The normalized spacial score (nSPS) is 10.2. The number of aryl methyl sites for hydroxylation is 1. The fourth-order valence-electron chi connectivity index (χ4n) is 1.44. The smallest absolute Gasteiger partial charge is 0.335 e. The van der Waals surface area contributed by atoms with Gasteiger partial charge < -0.3 is 5.11 Å². The molecule has 0 saturated heterocycles. The highest BCUT2D eigenvalue weighted by molar-refractivity contribution is 7.99. The van der Waals surface area contributed by atoms with Gasteiger partial charge in [-0.15, -0.1) is 0 Å². The summed E-state index contributed by atoms with van der Waals surface area (Å²) in [5.41, 5.74) is 1.54. The van der Waals surface area contributed by atoms with Crippen molar-refractivity contribution in [3.8, 4) is 0 Å². The van der Waals surface area contributed by atoms with Crippen LogP contribution < -0.4 is 0 Å². The van der Waals surface area contributed by atoms with Crippen molar-refractivity contribution in [3.63, 3.8) is 0 Å². The lowest BCUT2D eigenvalue weighted by Crippen LogP contribution is -1.95. The number of carbonyl (C=O) groups is 1. The molecule has 1 N–H and O–H groups in total. The molecule has 0 aromatic heterocycles. The molecular weight excluding hydrogens is 232 g/mol. The number of rotatable bonds is 3. The molecule has 0 radical (unpaired) electrons. The summed E-state index contributed by atoms with van der Waals surface area (Å²) in [4.78, 5) is 12.9. The number of benzene rings is 2. The van der Waals surface area contributed by atoms with Gasteiger partial charge in [0.25, 0.3) is 0 Å². The third kappa shape index (κ3) is 3.11. The van der Waals surface area contributed by atoms with E-state index in [1.54, 1.807) is 30.0 Å². The van der Waals surface area contributed by atoms with Gasteiger partial charge in [0, 0.05) is 9.79 Å². The second-order valence-corrected chi connectivity index (χ2v) is 4.90. The van der Waals surface area contributed by atoms with E-state index in [1.807, 2.05) is 37.3 Å². The van der Waals surface area contributed by atoms with Crippen LogP contribution in [-0.2, 0) is 0 Å². The van der Waals surface area contributed by atoms with Gasteiger partial charge in [-0.05, 0) is 37.3 Å². The Morgan fingerprint density at radius 2 is 1.76 bits per heavy atom. The Morgan fingerprint density at radius 1 is 1.06 bits per heavy atom. The number of aromatic carboxylic acids is 1. The lowest BCUT2D eigenvalue weighted by atomic mass is 10.2. The molecule has 0 amide bonds. The van der Waals surface area contributed by atoms with Gasteiger partial charge in [-0.3, -0.25) is 0 Å². The molecular formula is C14H12O2S. The van der Waals surface area contributed by atoms with Crippen molar-refractivity contribution < 1.29 is 9.90 Å². The second-order valence-electron chi connectivity index (χ2n) is 3.75. The summed E-state index contributed by atoms with van der Waals surface area (Å²) >= 11 is 1.56. The first kappa shape index (κ1) is 11.7. The average molecular weight is 244 g/mol. The minimum atomic E-state index is -0.892. The molecule has 3 heteroatoms. The molecule has 2 rings (SSSR count). The standard InChI is InChI=1S/C14H12O2S/c1-10-5-7-12(8-6-10)17-13-4-2-3-11(9-13)14(15)16/h2-9H,1H3,(H,15,16). The largest absolute Gasteiger partial charge is 0.478 e. The molecule has 0 spiro atoms. The molecule has 0 heterocycles. The summed E-state index contributed by atoms with van der Waals surface area (Å²) < 4.78 is 0. The van der Waals surface area contributed by atoms with Crippen LogP contribution >= 0.6 is 11.8 Å². The highest BCUT2D eigenvalue weighted by Gasteiger charge is 2.04. The molecule has 0 atom stereocenters. The van der Waals surface area contributed by atoms with Gasteiger partial charge in [0.15, 0.2) is 0 Å². The third-order valence-corrected chi connectivity index (χ3v) is 3.34. The van der Waals surface area contributed by atoms with E-state index < -0.39 is 5.97 Å². The molecule has 0 aliphatic heterocycles. The SMILES string of the molecule is Cc1ccc(Sc2cccc(C(=O)O)c2)cc1. The molecule has 2 nitrogen and oxygen atoms in total. The molecule has 2 aromatic rings. The summed E-state index contributed by atoms with van der Waals surface area (Å²) in [5, 5.41) is 8.90. The maximum absolute atomic E-state index is 10.8. The summed E-state index contributed by atoms with van der Waals surface area (Å²) in [5.74, 6) is -0.892. The van der Waals surface area contributed by atoms with E-state index in [1.165, 1.54) is 5.56 Å². The van der Waals surface area contributed by atoms with E-state index in [-0.39, 0.29) is 0 Å². The van der Waals surface area contributed by atoms with Crippen molar-refractivity contribution in [1.29, 1.82) is 0 Å². The first-order chi connectivity index (χ1) is 8.15. The Kier molecular flexibility index (Phi) is 3.49. The van der Waals surface area contributed by atoms with Gasteiger partial charge in [-0.1, -0.05) is 35.5 Å². The minimum absolute atomic E-state index is 0.321. The van der Waals surface area contributed by atoms with Crippen molar-refractivity contribution in [1.82, 2.24) is 0 Å². The second kappa shape index (κ2) is 5.06. The molecule has 17 heavy (non-hydrogen) atoms. The Bertz CT molecular complexity index is 532. The predicted molar refractivity (Wildman–Crippen MR) is 68.7 cm³/mol. The van der Waals surface area contributed by atoms with Crippen LogP contribution in [-0.4, -0.2) is 11.1 Å². The number of hydrogen-bond donors (Lipinski definition) is 1. The summed E-state index contributed by atoms with van der Waals surface area (Å²) in [6, 6.07) is 15.1. The first-order valence-corrected chi connectivity index (χ1v) is 6.05. The highest BCUT2D eigenvalue weighted by Crippen LogP contribution is 2.28. The Labute approximate surface area is 104 Å². The van der Waals surface area contributed by atoms with Gasteiger partial charge in [-0.2, -0.15) is 0 Å². The van der Waals surface area contributed by atoms with Crippen LogP contribution in [0.1, 0.15) is 15.9 Å². The van der Waals surface area contributed by atoms with Crippen LogP contribution in [0.3, 0.4) is 0 Å². The number of hydrogen-bond acceptors (Lipinski definition) is 2. The molecule has 0 bridgehead atoms. The lowest BCUT2D eigenvalue weighted by molar-refractivity contribution is 0.0696. The maximum Gasteiger partial charge on any atom is 0.335 e. The van der Waals surface area contributed by atoms with Crippen LogP contribution in [0.25, 0.3) is 0 Å². The molecule has 0 aliphatic rings. The van der Waals surface area contributed by atoms with E-state index in [4.69, 9.17) is 5.11 Å². The zero-order chi connectivity index (χ0) is 12.3.